The van der Waals surface area contributed by atoms with E-state index in [1.807, 2.05) is 0 Å². The van der Waals surface area contributed by atoms with Gasteiger partial charge in [-0.25, -0.2) is 15.0 Å². The number of aromatic nitrogens is 4. The highest BCUT2D eigenvalue weighted by molar-refractivity contribution is 7.19. The van der Waals surface area contributed by atoms with E-state index in [0.29, 0.717) is 22.9 Å². The lowest BCUT2D eigenvalue weighted by Gasteiger charge is -2.21. The van der Waals surface area contributed by atoms with Gasteiger partial charge in [-0.05, 0) is 39.5 Å². The van der Waals surface area contributed by atoms with E-state index >= 15 is 0 Å². The number of rotatable bonds is 18. The molecule has 246 valence electrons. The first-order valence-electron chi connectivity index (χ1n) is 17.4. The van der Waals surface area contributed by atoms with Crippen LogP contribution in [0, 0.1) is 18.3 Å². The molecule has 1 aliphatic heterocycles. The van der Waals surface area contributed by atoms with Crippen molar-refractivity contribution in [3.63, 3.8) is 0 Å². The number of unbranched alkanes of at least 4 members (excludes halogenated alkanes) is 7. The van der Waals surface area contributed by atoms with Gasteiger partial charge < -0.3 is 4.90 Å². The Morgan fingerprint density at radius 3 is 2.15 bits per heavy atom. The molecule has 4 rings (SSSR count). The molecular weight excluding hydrogens is 591 g/mol. The second-order valence-corrected chi connectivity index (χ2v) is 13.4. The first kappa shape index (κ1) is 35.2. The van der Waals surface area contributed by atoms with Gasteiger partial charge >= 0.3 is 0 Å². The molecule has 0 radical (unpaired) electrons. The number of carbonyl (C=O) groups is 1. The van der Waals surface area contributed by atoms with Crippen molar-refractivity contribution in [2.75, 3.05) is 18.0 Å². The Hall–Kier alpha value is -3.64. The minimum absolute atomic E-state index is 0.0550. The molecule has 0 N–H and O–H groups in total. The van der Waals surface area contributed by atoms with Crippen LogP contribution in [0.2, 0.25) is 0 Å². The van der Waals surface area contributed by atoms with Gasteiger partial charge in [-0.1, -0.05) is 120 Å². The van der Waals surface area contributed by atoms with Crippen LogP contribution in [0.1, 0.15) is 140 Å². The summed E-state index contributed by atoms with van der Waals surface area (Å²) in [5, 5.41) is 16.4. The van der Waals surface area contributed by atoms with Crippen molar-refractivity contribution in [2.24, 2.45) is 4.99 Å². The van der Waals surface area contributed by atoms with Crippen molar-refractivity contribution in [1.82, 2.24) is 19.7 Å². The zero-order chi connectivity index (χ0) is 33.1. The molecule has 8 nitrogen and oxygen atoms in total. The Bertz CT molecular complexity index is 1540. The molecule has 0 fully saturated rings. The van der Waals surface area contributed by atoms with Crippen LogP contribution >= 0.6 is 11.3 Å². The third-order valence-electron chi connectivity index (χ3n) is 8.82. The summed E-state index contributed by atoms with van der Waals surface area (Å²) in [5.74, 6) is 0.762. The number of hydrogen-bond acceptors (Lipinski definition) is 8. The molecule has 0 saturated carbocycles. The Kier molecular flexibility index (Phi) is 13.3. The van der Waals surface area contributed by atoms with Gasteiger partial charge in [0.25, 0.3) is 5.91 Å². The smallest absolute Gasteiger partial charge is 0.291 e. The number of aliphatic imine (C=N–C) groups is 1. The summed E-state index contributed by atoms with van der Waals surface area (Å²) < 4.78 is 1.30. The molecule has 1 aromatic carbocycles. The van der Waals surface area contributed by atoms with Gasteiger partial charge in [0.05, 0.1) is 0 Å². The van der Waals surface area contributed by atoms with Gasteiger partial charge in [0.1, 0.15) is 28.0 Å². The number of allylic oxidation sites excluding steroid dienone is 2. The summed E-state index contributed by atoms with van der Waals surface area (Å²) in [6, 6.07) is 10.5. The highest BCUT2D eigenvalue weighted by Gasteiger charge is 2.34. The third kappa shape index (κ3) is 8.38. The maximum atomic E-state index is 13.4. The van der Waals surface area contributed by atoms with E-state index in [2.05, 4.69) is 75.0 Å². The maximum absolute atomic E-state index is 13.4. The summed E-state index contributed by atoms with van der Waals surface area (Å²) in [5.41, 5.74) is 4.08. The first-order chi connectivity index (χ1) is 22.4. The molecule has 0 amide bonds. The molecule has 0 spiro atoms. The number of aryl methyl sites for hydroxylation is 1. The van der Waals surface area contributed by atoms with Crippen molar-refractivity contribution in [3.8, 4) is 17.3 Å². The van der Waals surface area contributed by atoms with Gasteiger partial charge in [-0.2, -0.15) is 9.94 Å². The second-order valence-electron chi connectivity index (χ2n) is 12.5. The van der Waals surface area contributed by atoms with E-state index in [9.17, 15) is 10.1 Å². The average molecular weight is 642 g/mol. The Morgan fingerprint density at radius 2 is 1.57 bits per heavy atom. The van der Waals surface area contributed by atoms with Gasteiger partial charge in [-0.3, -0.25) is 4.79 Å². The van der Waals surface area contributed by atoms with E-state index in [4.69, 9.17) is 15.0 Å². The SMILES string of the molecule is CCCCCCN(CCCCCC)c1nc(-c2ccc(C)cc2)c(/N=C2/C(C)=C(C#N)C(=O)n3nc(C(CC)CCCC)nc32)s1. The number of fused-ring (bicyclic) bond motifs is 1. The van der Waals surface area contributed by atoms with E-state index in [-0.39, 0.29) is 11.5 Å². The molecule has 0 saturated heterocycles. The molecule has 2 aromatic heterocycles. The second kappa shape index (κ2) is 17.3. The standard InChI is InChI=1S/C37H51N7OS/c1-7-11-14-16-23-43(24-17-15-12-8-2)37-40-32(29-21-19-26(5)20-22-29)35(46-37)39-31-27(6)30(25-38)36(45)44-34(31)41-33(42-44)28(10-4)18-13-9-3/h19-22,28H,7-18,23-24H2,1-6H3/b39-31-. The monoisotopic (exact) mass is 641 g/mol. The van der Waals surface area contributed by atoms with Gasteiger partial charge in [0.15, 0.2) is 16.8 Å². The van der Waals surface area contributed by atoms with Crippen LogP contribution in [0.3, 0.4) is 0 Å². The highest BCUT2D eigenvalue weighted by Crippen LogP contribution is 2.41. The van der Waals surface area contributed by atoms with Crippen LogP contribution in [-0.4, -0.2) is 44.5 Å². The lowest BCUT2D eigenvalue weighted by molar-refractivity contribution is 0.0941. The van der Waals surface area contributed by atoms with Crippen molar-refractivity contribution in [2.45, 2.75) is 125 Å². The zero-order valence-electron chi connectivity index (χ0n) is 28.7. The lowest BCUT2D eigenvalue weighted by atomic mass is 9.98. The largest absolute Gasteiger partial charge is 0.348 e. The number of anilines is 1. The summed E-state index contributed by atoms with van der Waals surface area (Å²) in [7, 11) is 0. The van der Waals surface area contributed by atoms with Gasteiger partial charge in [0.2, 0.25) is 0 Å². The molecule has 0 bridgehead atoms. The topological polar surface area (TPSA) is 100 Å². The number of carbonyl (C=O) groups excluding carboxylic acids is 1. The highest BCUT2D eigenvalue weighted by atomic mass is 32.1. The van der Waals surface area contributed by atoms with E-state index < -0.39 is 5.91 Å². The fraction of sp³-hybridized carbons (Fsp3) is 0.568. The summed E-state index contributed by atoms with van der Waals surface area (Å²) in [4.78, 5) is 31.2. The quantitative estimate of drug-likeness (QED) is 0.128. The summed E-state index contributed by atoms with van der Waals surface area (Å²) in [6.45, 7) is 14.6. The Balaban J connectivity index is 1.84. The molecule has 1 atom stereocenters. The van der Waals surface area contributed by atoms with Crippen molar-refractivity contribution in [3.05, 3.63) is 52.6 Å². The van der Waals surface area contributed by atoms with Crippen molar-refractivity contribution in [1.29, 1.82) is 5.26 Å². The molecule has 46 heavy (non-hydrogen) atoms. The van der Waals surface area contributed by atoms with E-state index in [0.717, 1.165) is 73.0 Å². The molecular formula is C37H51N7OS. The Labute approximate surface area is 279 Å². The van der Waals surface area contributed by atoms with Gasteiger partial charge in [-0.15, -0.1) is 5.10 Å². The number of benzene rings is 1. The van der Waals surface area contributed by atoms with E-state index in [1.165, 1.54) is 48.8 Å². The normalized spacial score (nSPS) is 14.5. The fourth-order valence-corrected chi connectivity index (χ4v) is 6.87. The average Bonchev–Trinajstić information content (AvgIpc) is 3.69. The molecule has 1 unspecified atom stereocenters. The van der Waals surface area contributed by atoms with Crippen LogP contribution in [0.25, 0.3) is 11.3 Å². The number of thiazole rings is 1. The lowest BCUT2D eigenvalue weighted by Crippen LogP contribution is -2.28. The number of nitriles is 1. The first-order valence-corrected chi connectivity index (χ1v) is 18.2. The van der Waals surface area contributed by atoms with Crippen LogP contribution in [0.5, 0.6) is 0 Å². The van der Waals surface area contributed by atoms with Crippen LogP contribution in [-0.2, 0) is 0 Å². The fourth-order valence-electron chi connectivity index (χ4n) is 5.86. The maximum Gasteiger partial charge on any atom is 0.291 e. The molecule has 3 aromatic rings. The molecule has 1 aliphatic rings. The summed E-state index contributed by atoms with van der Waals surface area (Å²) in [6.07, 6.45) is 13.5. The van der Waals surface area contributed by atoms with Crippen LogP contribution in [0.15, 0.2) is 40.4 Å². The van der Waals surface area contributed by atoms with Crippen LogP contribution < -0.4 is 4.90 Å². The van der Waals surface area contributed by atoms with Crippen LogP contribution in [0.4, 0.5) is 10.1 Å². The Morgan fingerprint density at radius 1 is 0.913 bits per heavy atom. The van der Waals surface area contributed by atoms with Crippen molar-refractivity contribution >= 4 is 33.1 Å². The van der Waals surface area contributed by atoms with Crippen molar-refractivity contribution < 1.29 is 4.79 Å². The molecule has 0 aliphatic carbocycles. The predicted molar refractivity (Wildman–Crippen MR) is 190 cm³/mol. The third-order valence-corrected chi connectivity index (χ3v) is 9.83. The summed E-state index contributed by atoms with van der Waals surface area (Å²) >= 11 is 1.58. The number of hydrogen-bond donors (Lipinski definition) is 0. The number of nitrogens with zero attached hydrogens (tertiary/aromatic N) is 7. The van der Waals surface area contributed by atoms with Gasteiger partial charge in [0, 0.05) is 30.1 Å². The zero-order valence-corrected chi connectivity index (χ0v) is 29.5. The minimum atomic E-state index is -0.438. The van der Waals surface area contributed by atoms with E-state index in [1.54, 1.807) is 18.3 Å². The molecule has 9 heteroatoms. The molecule has 3 heterocycles. The minimum Gasteiger partial charge on any atom is -0.348 e. The predicted octanol–water partition coefficient (Wildman–Crippen LogP) is 9.98.